The van der Waals surface area contributed by atoms with E-state index in [0.29, 0.717) is 34.6 Å². The minimum atomic E-state index is -0.0839. The maximum atomic E-state index is 12.8. The van der Waals surface area contributed by atoms with Crippen molar-refractivity contribution in [2.75, 3.05) is 20.0 Å². The van der Waals surface area contributed by atoms with Crippen LogP contribution in [0.5, 0.6) is 11.5 Å². The van der Waals surface area contributed by atoms with Crippen molar-refractivity contribution in [2.24, 2.45) is 0 Å². The zero-order valence-electron chi connectivity index (χ0n) is 15.7. The van der Waals surface area contributed by atoms with Gasteiger partial charge in [-0.05, 0) is 30.3 Å². The summed E-state index contributed by atoms with van der Waals surface area (Å²) < 4.78 is 12.4. The van der Waals surface area contributed by atoms with Crippen molar-refractivity contribution >= 4 is 17.5 Å². The Morgan fingerprint density at radius 1 is 1.18 bits per heavy atom. The fourth-order valence-electron chi connectivity index (χ4n) is 2.64. The fourth-order valence-corrected chi connectivity index (χ4v) is 3.47. The largest absolute Gasteiger partial charge is 0.497 e. The van der Waals surface area contributed by atoms with E-state index in [-0.39, 0.29) is 11.5 Å². The number of hydrogen-bond donors (Lipinski definition) is 0. The quantitative estimate of drug-likeness (QED) is 0.311. The number of ether oxygens (including phenoxy) is 2. The number of benzene rings is 1. The average Bonchev–Trinajstić information content (AvgIpc) is 3.15. The Bertz CT molecular complexity index is 973. The van der Waals surface area contributed by atoms with Crippen molar-refractivity contribution in [3.8, 4) is 22.9 Å². The molecular weight excluding hydrogens is 376 g/mol. The molecule has 0 N–H and O–H groups in total. The molecule has 0 aliphatic heterocycles. The lowest BCUT2D eigenvalue weighted by Crippen LogP contribution is -2.07. The van der Waals surface area contributed by atoms with Crippen LogP contribution in [0.25, 0.3) is 11.4 Å². The molecule has 2 aromatic heterocycles. The summed E-state index contributed by atoms with van der Waals surface area (Å²) in [4.78, 5) is 16.8. The van der Waals surface area contributed by atoms with E-state index in [0.717, 1.165) is 5.56 Å². The Kier molecular flexibility index (Phi) is 6.44. The van der Waals surface area contributed by atoms with E-state index >= 15 is 0 Å². The Balaban J connectivity index is 1.82. The van der Waals surface area contributed by atoms with E-state index in [1.807, 2.05) is 16.7 Å². The summed E-state index contributed by atoms with van der Waals surface area (Å²) in [6, 6.07) is 8.89. The van der Waals surface area contributed by atoms with Crippen molar-refractivity contribution in [1.82, 2.24) is 19.7 Å². The minimum Gasteiger partial charge on any atom is -0.497 e. The highest BCUT2D eigenvalue weighted by molar-refractivity contribution is 7.99. The van der Waals surface area contributed by atoms with Crippen LogP contribution in [0.15, 0.2) is 60.5 Å². The molecular formula is C20H20N4O3S. The number of carbonyl (C=O) groups is 1. The Hall–Kier alpha value is -3.13. The second kappa shape index (κ2) is 9.18. The molecule has 0 bridgehead atoms. The van der Waals surface area contributed by atoms with E-state index in [9.17, 15) is 4.79 Å². The molecule has 0 amide bonds. The molecule has 0 saturated heterocycles. The third-order valence-electron chi connectivity index (χ3n) is 4.01. The van der Waals surface area contributed by atoms with Gasteiger partial charge in [0.05, 0.1) is 25.5 Å². The van der Waals surface area contributed by atoms with Crippen molar-refractivity contribution in [2.45, 2.75) is 11.7 Å². The van der Waals surface area contributed by atoms with E-state index < -0.39 is 0 Å². The number of methoxy groups -OCH3 is 2. The average molecular weight is 396 g/mol. The van der Waals surface area contributed by atoms with Crippen LogP contribution >= 0.6 is 11.8 Å². The molecule has 8 heteroatoms. The van der Waals surface area contributed by atoms with Crippen LogP contribution in [0.2, 0.25) is 0 Å². The Labute approximate surface area is 167 Å². The van der Waals surface area contributed by atoms with Gasteiger partial charge in [0, 0.05) is 24.5 Å². The number of aromatic nitrogens is 4. The molecule has 1 aromatic carbocycles. The lowest BCUT2D eigenvalue weighted by Gasteiger charge is -2.10. The first kappa shape index (κ1) is 19.6. The Morgan fingerprint density at radius 3 is 2.64 bits per heavy atom. The van der Waals surface area contributed by atoms with Crippen LogP contribution in [-0.4, -0.2) is 45.5 Å². The lowest BCUT2D eigenvalue weighted by molar-refractivity contribution is 0.101. The Morgan fingerprint density at radius 2 is 1.96 bits per heavy atom. The number of rotatable bonds is 9. The van der Waals surface area contributed by atoms with Crippen LogP contribution < -0.4 is 9.47 Å². The van der Waals surface area contributed by atoms with Gasteiger partial charge in [0.2, 0.25) is 0 Å². The summed E-state index contributed by atoms with van der Waals surface area (Å²) in [5.41, 5.74) is 1.37. The monoisotopic (exact) mass is 396 g/mol. The van der Waals surface area contributed by atoms with Crippen LogP contribution in [0.4, 0.5) is 0 Å². The topological polar surface area (TPSA) is 79.1 Å². The highest BCUT2D eigenvalue weighted by Crippen LogP contribution is 2.28. The first-order valence-electron chi connectivity index (χ1n) is 8.50. The first-order valence-corrected chi connectivity index (χ1v) is 9.49. The molecule has 0 aliphatic rings. The van der Waals surface area contributed by atoms with Crippen molar-refractivity contribution in [1.29, 1.82) is 0 Å². The molecule has 3 rings (SSSR count). The van der Waals surface area contributed by atoms with Crippen LogP contribution in [-0.2, 0) is 6.54 Å². The summed E-state index contributed by atoms with van der Waals surface area (Å²) in [5, 5.41) is 9.17. The molecule has 3 aromatic rings. The summed E-state index contributed by atoms with van der Waals surface area (Å²) in [6.45, 7) is 4.33. The summed E-state index contributed by atoms with van der Waals surface area (Å²) in [6.07, 6.45) is 5.17. The maximum absolute atomic E-state index is 12.8. The minimum absolute atomic E-state index is 0.0839. The number of nitrogens with zero attached hydrogens (tertiary/aromatic N) is 4. The number of carbonyl (C=O) groups excluding carboxylic acids is 1. The van der Waals surface area contributed by atoms with Gasteiger partial charge in [-0.2, -0.15) is 0 Å². The summed E-state index contributed by atoms with van der Waals surface area (Å²) in [5.74, 6) is 1.92. The zero-order valence-corrected chi connectivity index (χ0v) is 16.5. The molecule has 0 spiro atoms. The number of hydrogen-bond acceptors (Lipinski definition) is 7. The van der Waals surface area contributed by atoms with E-state index in [1.165, 1.54) is 18.9 Å². The van der Waals surface area contributed by atoms with Gasteiger partial charge < -0.3 is 9.47 Å². The molecule has 0 radical (unpaired) electrons. The van der Waals surface area contributed by atoms with E-state index in [1.54, 1.807) is 43.8 Å². The molecule has 0 aliphatic carbocycles. The van der Waals surface area contributed by atoms with Gasteiger partial charge in [0.25, 0.3) is 0 Å². The van der Waals surface area contributed by atoms with Gasteiger partial charge in [0.15, 0.2) is 16.8 Å². The van der Waals surface area contributed by atoms with Gasteiger partial charge in [-0.1, -0.05) is 17.8 Å². The van der Waals surface area contributed by atoms with Gasteiger partial charge in [-0.25, -0.2) is 0 Å². The zero-order chi connectivity index (χ0) is 19.9. The lowest BCUT2D eigenvalue weighted by atomic mass is 10.1. The van der Waals surface area contributed by atoms with Crippen LogP contribution in [0.1, 0.15) is 10.4 Å². The second-order valence-corrected chi connectivity index (χ2v) is 6.66. The molecule has 0 saturated carbocycles. The SMILES string of the molecule is C=CCn1c(SCC(=O)c2cc(OC)ccc2OC)nnc1-c1ccncc1. The molecule has 7 nitrogen and oxygen atoms in total. The third kappa shape index (κ3) is 4.23. The standard InChI is InChI=1S/C20H20N4O3S/c1-4-11-24-19(14-7-9-21-10-8-14)22-23-20(24)28-13-17(25)16-12-15(26-2)5-6-18(16)27-3/h4-10,12H,1,11,13H2,2-3H3. The van der Waals surface area contributed by atoms with Crippen LogP contribution in [0.3, 0.4) is 0 Å². The second-order valence-electron chi connectivity index (χ2n) is 5.72. The number of Topliss-reactive ketones (excluding diaryl/α,β-unsaturated/α-hetero) is 1. The van der Waals surface area contributed by atoms with Gasteiger partial charge >= 0.3 is 0 Å². The van der Waals surface area contributed by atoms with E-state index in [4.69, 9.17) is 9.47 Å². The van der Waals surface area contributed by atoms with Gasteiger partial charge in [-0.3, -0.25) is 14.3 Å². The smallest absolute Gasteiger partial charge is 0.192 e. The highest BCUT2D eigenvalue weighted by Gasteiger charge is 2.18. The van der Waals surface area contributed by atoms with Crippen molar-refractivity contribution in [3.63, 3.8) is 0 Å². The summed E-state index contributed by atoms with van der Waals surface area (Å²) >= 11 is 1.32. The predicted octanol–water partition coefficient (Wildman–Crippen LogP) is 3.52. The summed E-state index contributed by atoms with van der Waals surface area (Å²) in [7, 11) is 3.09. The first-order chi connectivity index (χ1) is 13.7. The molecule has 0 unspecified atom stereocenters. The fraction of sp³-hybridized carbons (Fsp3) is 0.200. The maximum Gasteiger partial charge on any atom is 0.192 e. The van der Waals surface area contributed by atoms with Crippen LogP contribution in [0, 0.1) is 0 Å². The molecule has 144 valence electrons. The molecule has 0 atom stereocenters. The molecule has 0 fully saturated rings. The highest BCUT2D eigenvalue weighted by atomic mass is 32.2. The van der Waals surface area contributed by atoms with E-state index in [2.05, 4.69) is 21.8 Å². The number of allylic oxidation sites excluding steroid dienone is 1. The van der Waals surface area contributed by atoms with Gasteiger partial charge in [0.1, 0.15) is 11.5 Å². The number of pyridine rings is 1. The number of ketones is 1. The predicted molar refractivity (Wildman–Crippen MR) is 108 cm³/mol. The van der Waals surface area contributed by atoms with Crippen molar-refractivity contribution in [3.05, 3.63) is 60.9 Å². The van der Waals surface area contributed by atoms with Gasteiger partial charge in [-0.15, -0.1) is 16.8 Å². The molecule has 2 heterocycles. The number of thioether (sulfide) groups is 1. The normalized spacial score (nSPS) is 10.5. The molecule has 28 heavy (non-hydrogen) atoms. The van der Waals surface area contributed by atoms with Crippen molar-refractivity contribution < 1.29 is 14.3 Å². The third-order valence-corrected chi connectivity index (χ3v) is 4.97.